The Hall–Kier alpha value is -2.09. The number of amides is 2. The molecule has 0 radical (unpaired) electrons. The Morgan fingerprint density at radius 1 is 1.35 bits per heavy atom. The van der Waals surface area contributed by atoms with E-state index in [1.807, 2.05) is 0 Å². The largest absolute Gasteiger partial charge is 0.478 e. The van der Waals surface area contributed by atoms with Gasteiger partial charge in [0.2, 0.25) is 0 Å². The minimum atomic E-state index is -1.00. The summed E-state index contributed by atoms with van der Waals surface area (Å²) in [4.78, 5) is 29.1. The van der Waals surface area contributed by atoms with Crippen LogP contribution in [0.1, 0.15) is 27.7 Å². The van der Waals surface area contributed by atoms with E-state index in [0.717, 1.165) is 30.1 Å². The maximum absolute atomic E-state index is 12.6. The van der Waals surface area contributed by atoms with Crippen molar-refractivity contribution in [1.82, 2.24) is 4.90 Å². The first-order chi connectivity index (χ1) is 12.4. The van der Waals surface area contributed by atoms with Crippen LogP contribution >= 0.6 is 22.9 Å². The van der Waals surface area contributed by atoms with E-state index in [0.29, 0.717) is 22.1 Å². The van der Waals surface area contributed by atoms with Crippen LogP contribution in [0, 0.1) is 0 Å². The zero-order chi connectivity index (χ0) is 18.8. The van der Waals surface area contributed by atoms with Crippen molar-refractivity contribution < 1.29 is 14.7 Å². The van der Waals surface area contributed by atoms with Gasteiger partial charge < -0.3 is 5.11 Å². The fraction of sp³-hybridized carbons (Fsp3) is 0.333. The molecule has 2 N–H and O–H groups in total. The van der Waals surface area contributed by atoms with Crippen LogP contribution < -0.4 is 10.2 Å². The van der Waals surface area contributed by atoms with Crippen LogP contribution in [0.15, 0.2) is 24.3 Å². The molecular weight excluding hydrogens is 374 g/mol. The average Bonchev–Trinajstić information content (AvgIpc) is 2.98. The molecule has 0 saturated carbocycles. The van der Waals surface area contributed by atoms with Crippen molar-refractivity contribution in [1.29, 1.82) is 0 Å². The molecule has 0 spiro atoms. The Kier molecular flexibility index (Phi) is 5.50. The number of benzene rings is 1. The van der Waals surface area contributed by atoms with E-state index in [2.05, 4.69) is 17.1 Å². The number of carbonyl (C=O) groups is 2. The van der Waals surface area contributed by atoms with Gasteiger partial charge in [-0.1, -0.05) is 18.5 Å². The number of hydrogen-bond acceptors (Lipinski definition) is 4. The molecule has 0 bridgehead atoms. The summed E-state index contributed by atoms with van der Waals surface area (Å²) in [5.41, 5.74) is 1.73. The third-order valence-electron chi connectivity index (χ3n) is 4.54. The highest BCUT2D eigenvalue weighted by atomic mass is 35.5. The lowest BCUT2D eigenvalue weighted by Gasteiger charge is -2.25. The van der Waals surface area contributed by atoms with E-state index in [4.69, 9.17) is 11.6 Å². The minimum Gasteiger partial charge on any atom is -0.478 e. The van der Waals surface area contributed by atoms with Gasteiger partial charge in [0.25, 0.3) is 0 Å². The SMILES string of the molecule is CCN1CCc2c(sc(NC(=O)N(C)c3ccc(Cl)cc3)c2C(=O)O)C1. The summed E-state index contributed by atoms with van der Waals surface area (Å²) in [7, 11) is 1.63. The van der Waals surface area contributed by atoms with E-state index >= 15 is 0 Å². The molecule has 0 atom stereocenters. The van der Waals surface area contributed by atoms with Crippen LogP contribution in [-0.2, 0) is 13.0 Å². The smallest absolute Gasteiger partial charge is 0.339 e. The number of aromatic carboxylic acids is 1. The van der Waals surface area contributed by atoms with Gasteiger partial charge in [0, 0.05) is 35.7 Å². The topological polar surface area (TPSA) is 72.9 Å². The molecule has 138 valence electrons. The average molecular weight is 394 g/mol. The summed E-state index contributed by atoms with van der Waals surface area (Å²) in [6.07, 6.45) is 0.685. The summed E-state index contributed by atoms with van der Waals surface area (Å²) in [6.45, 7) is 4.56. The first-order valence-corrected chi connectivity index (χ1v) is 9.50. The summed E-state index contributed by atoms with van der Waals surface area (Å²) < 4.78 is 0. The molecule has 1 aromatic carbocycles. The molecule has 2 amide bonds. The number of anilines is 2. The first kappa shape index (κ1) is 18.7. The predicted octanol–water partition coefficient (Wildman–Crippen LogP) is 4.15. The second-order valence-electron chi connectivity index (χ2n) is 6.10. The quantitative estimate of drug-likeness (QED) is 0.818. The third-order valence-corrected chi connectivity index (χ3v) is 5.92. The molecule has 1 aromatic heterocycles. The number of likely N-dealkylation sites (N-methyl/N-ethyl adjacent to an activating group) is 1. The normalized spacial score (nSPS) is 14.0. The molecule has 1 aliphatic rings. The Morgan fingerprint density at radius 2 is 2.04 bits per heavy atom. The predicted molar refractivity (Wildman–Crippen MR) is 105 cm³/mol. The highest BCUT2D eigenvalue weighted by Crippen LogP contribution is 2.37. The number of halogens is 1. The minimum absolute atomic E-state index is 0.221. The van der Waals surface area contributed by atoms with Crippen molar-refractivity contribution in [2.45, 2.75) is 19.9 Å². The Morgan fingerprint density at radius 3 is 2.65 bits per heavy atom. The molecular formula is C18H20ClN3O3S. The second-order valence-corrected chi connectivity index (χ2v) is 7.64. The Labute approximate surface area is 161 Å². The zero-order valence-electron chi connectivity index (χ0n) is 14.6. The molecule has 2 heterocycles. The van der Waals surface area contributed by atoms with E-state index in [9.17, 15) is 14.7 Å². The lowest BCUT2D eigenvalue weighted by molar-refractivity contribution is 0.0696. The number of carbonyl (C=O) groups excluding carboxylic acids is 1. The fourth-order valence-corrected chi connectivity index (χ4v) is 4.40. The van der Waals surface area contributed by atoms with Crippen molar-refractivity contribution in [3.63, 3.8) is 0 Å². The van der Waals surface area contributed by atoms with Gasteiger partial charge in [-0.3, -0.25) is 15.1 Å². The van der Waals surface area contributed by atoms with Crippen molar-refractivity contribution in [3.05, 3.63) is 45.3 Å². The number of nitrogens with one attached hydrogen (secondary N) is 1. The van der Waals surface area contributed by atoms with Crippen LogP contribution in [0.3, 0.4) is 0 Å². The monoisotopic (exact) mass is 393 g/mol. The van der Waals surface area contributed by atoms with Crippen LogP contribution in [0.5, 0.6) is 0 Å². The number of hydrogen-bond donors (Lipinski definition) is 2. The maximum atomic E-state index is 12.6. The molecule has 0 unspecified atom stereocenters. The van der Waals surface area contributed by atoms with Gasteiger partial charge in [-0.2, -0.15) is 0 Å². The Balaban J connectivity index is 1.85. The van der Waals surface area contributed by atoms with Gasteiger partial charge in [-0.15, -0.1) is 11.3 Å². The Bertz CT molecular complexity index is 835. The number of carboxylic acid groups (broad SMARTS) is 1. The summed E-state index contributed by atoms with van der Waals surface area (Å²) in [6, 6.07) is 6.48. The molecule has 3 rings (SSSR count). The third kappa shape index (κ3) is 3.70. The molecule has 1 aliphatic heterocycles. The number of fused-ring (bicyclic) bond motifs is 1. The first-order valence-electron chi connectivity index (χ1n) is 8.31. The van der Waals surface area contributed by atoms with E-state index in [1.54, 1.807) is 31.3 Å². The summed E-state index contributed by atoms with van der Waals surface area (Å²) in [5, 5.41) is 13.4. The van der Waals surface area contributed by atoms with E-state index in [-0.39, 0.29) is 11.6 Å². The van der Waals surface area contributed by atoms with Crippen LogP contribution in [0.25, 0.3) is 0 Å². The van der Waals surface area contributed by atoms with E-state index < -0.39 is 5.97 Å². The number of urea groups is 1. The van der Waals surface area contributed by atoms with Gasteiger partial charge in [0.15, 0.2) is 0 Å². The molecule has 0 fully saturated rings. The summed E-state index contributed by atoms with van der Waals surface area (Å²) >= 11 is 7.23. The van der Waals surface area contributed by atoms with Gasteiger partial charge >= 0.3 is 12.0 Å². The molecule has 0 saturated heterocycles. The van der Waals surface area contributed by atoms with Crippen LogP contribution in [0.2, 0.25) is 5.02 Å². The van der Waals surface area contributed by atoms with Crippen LogP contribution in [0.4, 0.5) is 15.5 Å². The van der Waals surface area contributed by atoms with Crippen molar-refractivity contribution in [2.75, 3.05) is 30.4 Å². The van der Waals surface area contributed by atoms with Gasteiger partial charge in [-0.05, 0) is 42.8 Å². The number of nitrogens with zero attached hydrogens (tertiary/aromatic N) is 2. The highest BCUT2D eigenvalue weighted by Gasteiger charge is 2.28. The lowest BCUT2D eigenvalue weighted by atomic mass is 10.0. The van der Waals surface area contributed by atoms with Crippen molar-refractivity contribution in [2.24, 2.45) is 0 Å². The van der Waals surface area contributed by atoms with Crippen LogP contribution in [-0.4, -0.2) is 42.1 Å². The van der Waals surface area contributed by atoms with Crippen molar-refractivity contribution >= 4 is 45.6 Å². The number of carboxylic acids is 1. The van der Waals surface area contributed by atoms with Gasteiger partial charge in [-0.25, -0.2) is 9.59 Å². The maximum Gasteiger partial charge on any atom is 0.339 e. The zero-order valence-corrected chi connectivity index (χ0v) is 16.2. The number of thiophene rings is 1. The van der Waals surface area contributed by atoms with Gasteiger partial charge in [0.05, 0.1) is 5.56 Å². The second kappa shape index (κ2) is 7.65. The highest BCUT2D eigenvalue weighted by molar-refractivity contribution is 7.17. The molecule has 6 nitrogen and oxygen atoms in total. The van der Waals surface area contributed by atoms with E-state index in [1.165, 1.54) is 16.2 Å². The molecule has 2 aromatic rings. The lowest BCUT2D eigenvalue weighted by Crippen LogP contribution is -2.31. The fourth-order valence-electron chi connectivity index (χ4n) is 3.00. The molecule has 26 heavy (non-hydrogen) atoms. The standard InChI is InChI=1S/C18H20ClN3O3S/c1-3-22-9-8-13-14(10-22)26-16(15(13)17(23)24)20-18(25)21(2)12-6-4-11(19)5-7-12/h4-7H,3,8-10H2,1-2H3,(H,20,25)(H,23,24). The molecule has 0 aliphatic carbocycles. The summed E-state index contributed by atoms with van der Waals surface area (Å²) in [5.74, 6) is -1.00. The molecule has 8 heteroatoms. The number of rotatable bonds is 4. The van der Waals surface area contributed by atoms with Crippen molar-refractivity contribution in [3.8, 4) is 0 Å². The van der Waals surface area contributed by atoms with Gasteiger partial charge in [0.1, 0.15) is 5.00 Å².